The van der Waals surface area contributed by atoms with Crippen LogP contribution < -0.4 is 10.2 Å². The van der Waals surface area contributed by atoms with E-state index in [4.69, 9.17) is 0 Å². The molecule has 0 spiro atoms. The van der Waals surface area contributed by atoms with E-state index in [0.29, 0.717) is 25.3 Å². The van der Waals surface area contributed by atoms with Gasteiger partial charge in [-0.15, -0.1) is 0 Å². The van der Waals surface area contributed by atoms with Gasteiger partial charge in [-0.2, -0.15) is 0 Å². The highest BCUT2D eigenvalue weighted by Crippen LogP contribution is 2.44. The minimum absolute atomic E-state index is 0.0643. The number of aryl methyl sites for hydroxylation is 2. The molecule has 0 unspecified atom stereocenters. The van der Waals surface area contributed by atoms with Gasteiger partial charge >= 0.3 is 0 Å². The summed E-state index contributed by atoms with van der Waals surface area (Å²) < 4.78 is 2.24. The molecule has 0 aliphatic carbocycles. The number of benzene rings is 2. The van der Waals surface area contributed by atoms with Crippen molar-refractivity contribution in [2.24, 2.45) is 0 Å². The maximum absolute atomic E-state index is 13.4. The van der Waals surface area contributed by atoms with E-state index in [2.05, 4.69) is 45.0 Å². The van der Waals surface area contributed by atoms with Gasteiger partial charge in [-0.3, -0.25) is 9.59 Å². The third-order valence-electron chi connectivity index (χ3n) is 7.15. The predicted octanol–water partition coefficient (Wildman–Crippen LogP) is 4.52. The molecule has 35 heavy (non-hydrogen) atoms. The Morgan fingerprint density at radius 1 is 1.11 bits per heavy atom. The third kappa shape index (κ3) is 3.46. The van der Waals surface area contributed by atoms with Crippen molar-refractivity contribution >= 4 is 34.2 Å². The van der Waals surface area contributed by atoms with Crippen molar-refractivity contribution in [3.8, 4) is 0 Å². The molecule has 4 heterocycles. The zero-order valence-electron chi connectivity index (χ0n) is 19.9. The van der Waals surface area contributed by atoms with Gasteiger partial charge in [0.15, 0.2) is 0 Å². The molecule has 6 rings (SSSR count). The van der Waals surface area contributed by atoms with Crippen molar-refractivity contribution in [3.63, 3.8) is 0 Å². The Kier molecular flexibility index (Phi) is 5.06. The molecular weight excluding hydrogens is 438 g/mol. The molecule has 0 radical (unpaired) electrons. The van der Waals surface area contributed by atoms with Crippen LogP contribution in [0.3, 0.4) is 0 Å². The van der Waals surface area contributed by atoms with E-state index >= 15 is 0 Å². The van der Waals surface area contributed by atoms with Crippen LogP contribution in [-0.4, -0.2) is 39.9 Å². The Morgan fingerprint density at radius 3 is 2.77 bits per heavy atom. The maximum Gasteiger partial charge on any atom is 0.257 e. The molecule has 2 amide bonds. The molecule has 4 aromatic rings. The van der Waals surface area contributed by atoms with E-state index in [0.717, 1.165) is 34.4 Å². The van der Waals surface area contributed by atoms with Crippen molar-refractivity contribution in [1.82, 2.24) is 14.5 Å². The van der Waals surface area contributed by atoms with Gasteiger partial charge in [0.2, 0.25) is 5.91 Å². The Hall–Kier alpha value is -4.13. The van der Waals surface area contributed by atoms with Crippen LogP contribution in [0, 0.1) is 6.92 Å². The molecule has 1 N–H and O–H groups in total. The van der Waals surface area contributed by atoms with Gasteiger partial charge < -0.3 is 19.7 Å². The van der Waals surface area contributed by atoms with Crippen molar-refractivity contribution in [2.45, 2.75) is 32.5 Å². The van der Waals surface area contributed by atoms with Crippen LogP contribution in [0.2, 0.25) is 0 Å². The topological polar surface area (TPSA) is 70.5 Å². The lowest BCUT2D eigenvalue weighted by Gasteiger charge is -2.46. The Bertz CT molecular complexity index is 1470. The highest BCUT2D eigenvalue weighted by atomic mass is 16.2. The van der Waals surface area contributed by atoms with E-state index in [9.17, 15) is 9.59 Å². The van der Waals surface area contributed by atoms with Crippen LogP contribution >= 0.6 is 0 Å². The smallest absolute Gasteiger partial charge is 0.257 e. The zero-order chi connectivity index (χ0) is 24.1. The summed E-state index contributed by atoms with van der Waals surface area (Å²) in [5.41, 5.74) is 6.19. The number of fused-ring (bicyclic) bond motifs is 6. The summed E-state index contributed by atoms with van der Waals surface area (Å²) in [4.78, 5) is 34.7. The van der Waals surface area contributed by atoms with Gasteiger partial charge in [-0.1, -0.05) is 30.3 Å². The van der Waals surface area contributed by atoms with Gasteiger partial charge in [0.25, 0.3) is 5.91 Å². The largest absolute Gasteiger partial charge is 0.349 e. The van der Waals surface area contributed by atoms with E-state index < -0.39 is 0 Å². The van der Waals surface area contributed by atoms with Crippen molar-refractivity contribution < 1.29 is 9.59 Å². The number of aromatic nitrogens is 2. The summed E-state index contributed by atoms with van der Waals surface area (Å²) in [6.45, 7) is 3.16. The lowest BCUT2D eigenvalue weighted by atomic mass is 9.96. The maximum atomic E-state index is 13.4. The highest BCUT2D eigenvalue weighted by Gasteiger charge is 2.42. The second-order valence-electron chi connectivity index (χ2n) is 9.30. The molecule has 0 saturated heterocycles. The normalized spacial score (nSPS) is 16.6. The summed E-state index contributed by atoms with van der Waals surface area (Å²) >= 11 is 0. The quantitative estimate of drug-likeness (QED) is 0.481. The highest BCUT2D eigenvalue weighted by molar-refractivity contribution is 6.02. The summed E-state index contributed by atoms with van der Waals surface area (Å²) in [6, 6.07) is 19.9. The SMILES string of the molecule is Cc1ccnc(NC(=O)CCn2c3c(c4ccccc42)CCN2C(=O)c4ccccc4N(C)[C@@H]32)c1. The lowest BCUT2D eigenvalue weighted by Crippen LogP contribution is -2.51. The molecule has 7 nitrogen and oxygen atoms in total. The summed E-state index contributed by atoms with van der Waals surface area (Å²) in [6.07, 6.45) is 2.58. The van der Waals surface area contributed by atoms with Crippen LogP contribution in [0.5, 0.6) is 0 Å². The van der Waals surface area contributed by atoms with Gasteiger partial charge in [-0.05, 0) is 54.8 Å². The van der Waals surface area contributed by atoms with E-state index in [1.807, 2.05) is 54.3 Å². The molecule has 2 aromatic carbocycles. The number of hydrogen-bond acceptors (Lipinski definition) is 4. The van der Waals surface area contributed by atoms with E-state index in [-0.39, 0.29) is 18.0 Å². The first-order valence-electron chi connectivity index (χ1n) is 12.0. The van der Waals surface area contributed by atoms with Gasteiger partial charge in [0.1, 0.15) is 12.0 Å². The number of nitrogens with zero attached hydrogens (tertiary/aromatic N) is 4. The van der Waals surface area contributed by atoms with Crippen molar-refractivity contribution in [1.29, 1.82) is 0 Å². The number of nitrogens with one attached hydrogen (secondary N) is 1. The van der Waals surface area contributed by atoms with Crippen molar-refractivity contribution in [2.75, 3.05) is 23.8 Å². The number of anilines is 2. The molecule has 176 valence electrons. The number of amides is 2. The monoisotopic (exact) mass is 465 g/mol. The average molecular weight is 466 g/mol. The minimum atomic E-state index is -0.213. The first-order valence-corrected chi connectivity index (χ1v) is 12.0. The molecular formula is C28H27N5O2. The second kappa shape index (κ2) is 8.27. The fraction of sp³-hybridized carbons (Fsp3) is 0.250. The van der Waals surface area contributed by atoms with Gasteiger partial charge in [0.05, 0.1) is 16.9 Å². The molecule has 0 saturated carbocycles. The number of carbonyl (C=O) groups excluding carboxylic acids is 2. The number of para-hydroxylation sites is 2. The van der Waals surface area contributed by atoms with E-state index in [1.165, 1.54) is 10.9 Å². The zero-order valence-corrected chi connectivity index (χ0v) is 19.9. The molecule has 7 heteroatoms. The first kappa shape index (κ1) is 21.4. The molecule has 1 atom stereocenters. The van der Waals surface area contributed by atoms with Gasteiger partial charge in [-0.25, -0.2) is 4.98 Å². The summed E-state index contributed by atoms with van der Waals surface area (Å²) in [5, 5.41) is 4.12. The minimum Gasteiger partial charge on any atom is -0.349 e. The fourth-order valence-electron chi connectivity index (χ4n) is 5.57. The molecule has 0 bridgehead atoms. The molecule has 2 aromatic heterocycles. The van der Waals surface area contributed by atoms with Crippen LogP contribution in [0.25, 0.3) is 10.9 Å². The Morgan fingerprint density at radius 2 is 1.91 bits per heavy atom. The fourth-order valence-corrected chi connectivity index (χ4v) is 5.57. The van der Waals surface area contributed by atoms with Crippen LogP contribution in [0.1, 0.15) is 39.8 Å². The molecule has 2 aliphatic heterocycles. The summed E-state index contributed by atoms with van der Waals surface area (Å²) in [7, 11) is 2.05. The van der Waals surface area contributed by atoms with Crippen LogP contribution in [0.4, 0.5) is 11.5 Å². The van der Waals surface area contributed by atoms with Crippen LogP contribution in [0.15, 0.2) is 66.9 Å². The number of hydrogen-bond donors (Lipinski definition) is 1. The Balaban J connectivity index is 1.39. The van der Waals surface area contributed by atoms with Crippen LogP contribution in [-0.2, 0) is 17.8 Å². The molecule has 0 fully saturated rings. The number of rotatable bonds is 4. The lowest BCUT2D eigenvalue weighted by molar-refractivity contribution is -0.116. The standard InChI is InChI=1S/C28H27N5O2/c1-18-11-14-29-24(17-18)30-25(34)13-16-32-23-10-6-3-7-19(23)20-12-15-33-27(26(20)32)31(2)22-9-5-4-8-21(22)28(33)35/h3-11,14,17,27H,12-13,15-16H2,1-2H3,(H,29,30,34)/t27-/m1/s1. The number of pyridine rings is 1. The van der Waals surface area contributed by atoms with Crippen molar-refractivity contribution in [3.05, 3.63) is 89.2 Å². The predicted molar refractivity (Wildman–Crippen MR) is 136 cm³/mol. The molecule has 2 aliphatic rings. The second-order valence-corrected chi connectivity index (χ2v) is 9.30. The first-order chi connectivity index (χ1) is 17.0. The average Bonchev–Trinajstić information content (AvgIpc) is 3.19. The van der Waals surface area contributed by atoms with Gasteiger partial charge in [0, 0.05) is 43.7 Å². The van der Waals surface area contributed by atoms with E-state index in [1.54, 1.807) is 6.20 Å². The number of carbonyl (C=O) groups is 2. The summed E-state index contributed by atoms with van der Waals surface area (Å²) in [5.74, 6) is 0.546. The third-order valence-corrected chi connectivity index (χ3v) is 7.15. The Labute approximate surface area is 204 Å².